The third-order valence-electron chi connectivity index (χ3n) is 3.20. The van der Waals surface area contributed by atoms with Gasteiger partial charge in [-0.1, -0.05) is 0 Å². The number of nitrogens with zero attached hydrogens (tertiary/aromatic N) is 3. The second kappa shape index (κ2) is 4.52. The molecule has 0 aliphatic carbocycles. The largest absolute Gasteiger partial charge is 0.399 e. The number of nitrogen functional groups attached to an aromatic ring is 2. The lowest BCUT2D eigenvalue weighted by Crippen LogP contribution is -2.04. The van der Waals surface area contributed by atoms with Crippen LogP contribution in [0, 0.1) is 0 Å². The number of benzene rings is 1. The number of hydrogen-bond acceptors (Lipinski definition) is 4. The number of anilines is 2. The van der Waals surface area contributed by atoms with Gasteiger partial charge in [0.25, 0.3) is 0 Å². The van der Waals surface area contributed by atoms with Crippen molar-refractivity contribution in [3.63, 3.8) is 0 Å². The average Bonchev–Trinajstić information content (AvgIpc) is 2.76. The number of aromatic nitrogens is 3. The standard InChI is InChI=1S/C15H17N5/c1-9(2)20-14(10-6-11(16)8-12(17)7-10)19-13-4-3-5-18-15(13)20/h3-9H,16-17H2,1-2H3. The molecule has 0 amide bonds. The van der Waals surface area contributed by atoms with Gasteiger partial charge in [-0.15, -0.1) is 0 Å². The average molecular weight is 267 g/mol. The third kappa shape index (κ3) is 1.97. The molecule has 0 atom stereocenters. The normalized spacial score (nSPS) is 11.3. The number of fused-ring (bicyclic) bond motifs is 1. The Bertz CT molecular complexity index is 753. The highest BCUT2D eigenvalue weighted by Crippen LogP contribution is 2.29. The van der Waals surface area contributed by atoms with E-state index in [4.69, 9.17) is 11.5 Å². The van der Waals surface area contributed by atoms with Crippen molar-refractivity contribution < 1.29 is 0 Å². The van der Waals surface area contributed by atoms with Gasteiger partial charge in [0.15, 0.2) is 5.65 Å². The van der Waals surface area contributed by atoms with E-state index in [0.717, 1.165) is 22.6 Å². The molecule has 20 heavy (non-hydrogen) atoms. The predicted octanol–water partition coefficient (Wildman–Crippen LogP) is 2.84. The molecular formula is C15H17N5. The van der Waals surface area contributed by atoms with Crippen molar-refractivity contribution in [3.8, 4) is 11.4 Å². The van der Waals surface area contributed by atoms with Crippen molar-refractivity contribution in [2.75, 3.05) is 11.5 Å². The molecule has 102 valence electrons. The molecule has 1 aromatic carbocycles. The first kappa shape index (κ1) is 12.5. The molecule has 2 heterocycles. The van der Waals surface area contributed by atoms with Gasteiger partial charge in [-0.3, -0.25) is 0 Å². The summed E-state index contributed by atoms with van der Waals surface area (Å²) in [5, 5.41) is 0. The number of imidazole rings is 1. The molecule has 2 aromatic heterocycles. The summed E-state index contributed by atoms with van der Waals surface area (Å²) < 4.78 is 2.10. The lowest BCUT2D eigenvalue weighted by atomic mass is 10.1. The predicted molar refractivity (Wildman–Crippen MR) is 82.2 cm³/mol. The first-order valence-corrected chi connectivity index (χ1v) is 6.55. The van der Waals surface area contributed by atoms with E-state index in [1.165, 1.54) is 0 Å². The fourth-order valence-corrected chi connectivity index (χ4v) is 2.43. The summed E-state index contributed by atoms with van der Waals surface area (Å²) in [4.78, 5) is 9.11. The molecule has 0 fully saturated rings. The Hall–Kier alpha value is -2.56. The van der Waals surface area contributed by atoms with Crippen molar-refractivity contribution >= 4 is 22.5 Å². The molecule has 5 nitrogen and oxygen atoms in total. The SMILES string of the molecule is CC(C)n1c(-c2cc(N)cc(N)c2)nc2cccnc21. The second-order valence-electron chi connectivity index (χ2n) is 5.13. The lowest BCUT2D eigenvalue weighted by Gasteiger charge is -2.13. The van der Waals surface area contributed by atoms with E-state index in [0.29, 0.717) is 11.4 Å². The quantitative estimate of drug-likeness (QED) is 0.699. The molecule has 0 spiro atoms. The Labute approximate surface area is 117 Å². The van der Waals surface area contributed by atoms with Gasteiger partial charge in [-0.25, -0.2) is 9.97 Å². The zero-order valence-corrected chi connectivity index (χ0v) is 11.5. The van der Waals surface area contributed by atoms with Gasteiger partial charge in [0.1, 0.15) is 11.3 Å². The van der Waals surface area contributed by atoms with E-state index < -0.39 is 0 Å². The lowest BCUT2D eigenvalue weighted by molar-refractivity contribution is 0.620. The molecule has 5 heteroatoms. The Morgan fingerprint density at radius 2 is 1.80 bits per heavy atom. The highest BCUT2D eigenvalue weighted by molar-refractivity contribution is 5.79. The minimum atomic E-state index is 0.243. The van der Waals surface area contributed by atoms with Gasteiger partial charge < -0.3 is 16.0 Å². The van der Waals surface area contributed by atoms with Crippen molar-refractivity contribution in [3.05, 3.63) is 36.5 Å². The minimum Gasteiger partial charge on any atom is -0.399 e. The molecule has 0 saturated carbocycles. The van der Waals surface area contributed by atoms with E-state index in [1.54, 1.807) is 12.3 Å². The summed E-state index contributed by atoms with van der Waals surface area (Å²) in [6.45, 7) is 4.21. The molecule has 3 aromatic rings. The zero-order valence-electron chi connectivity index (χ0n) is 11.5. The van der Waals surface area contributed by atoms with E-state index in [9.17, 15) is 0 Å². The van der Waals surface area contributed by atoms with Crippen LogP contribution in [0.25, 0.3) is 22.6 Å². The highest BCUT2D eigenvalue weighted by Gasteiger charge is 2.16. The van der Waals surface area contributed by atoms with Crippen LogP contribution < -0.4 is 11.5 Å². The number of pyridine rings is 1. The Morgan fingerprint density at radius 3 is 2.45 bits per heavy atom. The zero-order chi connectivity index (χ0) is 14.3. The van der Waals surface area contributed by atoms with Gasteiger partial charge in [0, 0.05) is 29.2 Å². The fourth-order valence-electron chi connectivity index (χ4n) is 2.43. The molecular weight excluding hydrogens is 250 g/mol. The van der Waals surface area contributed by atoms with Gasteiger partial charge in [-0.2, -0.15) is 0 Å². The topological polar surface area (TPSA) is 82.8 Å². The molecule has 0 bridgehead atoms. The van der Waals surface area contributed by atoms with Gasteiger partial charge in [0.05, 0.1) is 0 Å². The number of nitrogens with two attached hydrogens (primary N) is 2. The van der Waals surface area contributed by atoms with E-state index in [2.05, 4.69) is 28.4 Å². The van der Waals surface area contributed by atoms with Crippen LogP contribution in [0.5, 0.6) is 0 Å². The van der Waals surface area contributed by atoms with Crippen molar-refractivity contribution in [2.24, 2.45) is 0 Å². The van der Waals surface area contributed by atoms with Crippen molar-refractivity contribution in [1.82, 2.24) is 14.5 Å². The second-order valence-corrected chi connectivity index (χ2v) is 5.13. The first-order chi connectivity index (χ1) is 9.56. The summed E-state index contributed by atoms with van der Waals surface area (Å²) in [5.41, 5.74) is 15.7. The van der Waals surface area contributed by atoms with Gasteiger partial charge in [-0.05, 0) is 44.2 Å². The monoisotopic (exact) mass is 267 g/mol. The number of rotatable bonds is 2. The third-order valence-corrected chi connectivity index (χ3v) is 3.20. The van der Waals surface area contributed by atoms with Crippen LogP contribution in [0.2, 0.25) is 0 Å². The van der Waals surface area contributed by atoms with Crippen LogP contribution in [0.15, 0.2) is 36.5 Å². The highest BCUT2D eigenvalue weighted by atomic mass is 15.1. The summed E-state index contributed by atoms with van der Waals surface area (Å²) in [6.07, 6.45) is 1.78. The maximum absolute atomic E-state index is 5.88. The van der Waals surface area contributed by atoms with E-state index >= 15 is 0 Å². The summed E-state index contributed by atoms with van der Waals surface area (Å²) >= 11 is 0. The van der Waals surface area contributed by atoms with E-state index in [1.807, 2.05) is 24.3 Å². The molecule has 0 radical (unpaired) electrons. The van der Waals surface area contributed by atoms with Gasteiger partial charge >= 0.3 is 0 Å². The van der Waals surface area contributed by atoms with Gasteiger partial charge in [0.2, 0.25) is 0 Å². The molecule has 0 saturated heterocycles. The summed E-state index contributed by atoms with van der Waals surface area (Å²) in [6, 6.07) is 9.60. The van der Waals surface area contributed by atoms with Crippen LogP contribution in [0.1, 0.15) is 19.9 Å². The molecule has 0 unspecified atom stereocenters. The Morgan fingerprint density at radius 1 is 1.10 bits per heavy atom. The van der Waals surface area contributed by atoms with Crippen LogP contribution in [-0.4, -0.2) is 14.5 Å². The Balaban J connectivity index is 2.32. The summed E-state index contributed by atoms with van der Waals surface area (Å²) in [5.74, 6) is 0.840. The molecule has 4 N–H and O–H groups in total. The van der Waals surface area contributed by atoms with Crippen LogP contribution in [0.3, 0.4) is 0 Å². The van der Waals surface area contributed by atoms with Crippen LogP contribution in [0.4, 0.5) is 11.4 Å². The Kier molecular flexibility index (Phi) is 2.82. The maximum Gasteiger partial charge on any atom is 0.160 e. The van der Waals surface area contributed by atoms with Crippen LogP contribution >= 0.6 is 0 Å². The first-order valence-electron chi connectivity index (χ1n) is 6.55. The van der Waals surface area contributed by atoms with E-state index in [-0.39, 0.29) is 6.04 Å². The number of hydrogen-bond donors (Lipinski definition) is 2. The van der Waals surface area contributed by atoms with Crippen molar-refractivity contribution in [2.45, 2.75) is 19.9 Å². The summed E-state index contributed by atoms with van der Waals surface area (Å²) in [7, 11) is 0. The van der Waals surface area contributed by atoms with Crippen LogP contribution in [-0.2, 0) is 0 Å². The smallest absolute Gasteiger partial charge is 0.160 e. The minimum absolute atomic E-state index is 0.243. The fraction of sp³-hybridized carbons (Fsp3) is 0.200. The molecule has 0 aliphatic heterocycles. The van der Waals surface area contributed by atoms with Crippen molar-refractivity contribution in [1.29, 1.82) is 0 Å². The molecule has 3 rings (SSSR count). The molecule has 0 aliphatic rings. The maximum atomic E-state index is 5.88.